The van der Waals surface area contributed by atoms with Gasteiger partial charge in [-0.15, -0.1) is 11.3 Å². The lowest BCUT2D eigenvalue weighted by atomic mass is 10.3. The van der Waals surface area contributed by atoms with Crippen LogP contribution in [0.1, 0.15) is 24.6 Å². The van der Waals surface area contributed by atoms with Crippen LogP contribution in [0.2, 0.25) is 0 Å². The predicted molar refractivity (Wildman–Crippen MR) is 57.4 cm³/mol. The average molecular weight is 178 g/mol. The molecular formula is C11H14S. The zero-order valence-electron chi connectivity index (χ0n) is 7.36. The Bertz CT molecular complexity index is 242. The summed E-state index contributed by atoms with van der Waals surface area (Å²) >= 11 is 1.78. The molecule has 0 bridgehead atoms. The monoisotopic (exact) mass is 178 g/mol. The van der Waals surface area contributed by atoms with Crippen LogP contribution in [0.3, 0.4) is 0 Å². The van der Waals surface area contributed by atoms with Gasteiger partial charge in [0.2, 0.25) is 0 Å². The number of rotatable bonds is 4. The molecule has 12 heavy (non-hydrogen) atoms. The summed E-state index contributed by atoms with van der Waals surface area (Å²) in [5.41, 5.74) is 0. The molecule has 0 aliphatic carbocycles. The Balaban J connectivity index is 2.27. The Morgan fingerprint density at radius 2 is 2.25 bits per heavy atom. The third kappa shape index (κ3) is 3.54. The fraction of sp³-hybridized carbons (Fsp3) is 0.273. The van der Waals surface area contributed by atoms with Crippen molar-refractivity contribution < 1.29 is 0 Å². The molecule has 0 aliphatic rings. The summed E-state index contributed by atoms with van der Waals surface area (Å²) in [6.45, 7) is 2.15. The molecule has 1 rings (SSSR count). The molecule has 0 radical (unpaired) electrons. The Hall–Kier alpha value is -0.820. The Morgan fingerprint density at radius 3 is 2.92 bits per heavy atom. The largest absolute Gasteiger partial charge is 0.144 e. The minimum absolute atomic E-state index is 1.05. The van der Waals surface area contributed by atoms with Crippen molar-refractivity contribution in [1.82, 2.24) is 0 Å². The van der Waals surface area contributed by atoms with Gasteiger partial charge < -0.3 is 0 Å². The first kappa shape index (κ1) is 9.27. The molecule has 0 saturated carbocycles. The van der Waals surface area contributed by atoms with E-state index in [2.05, 4.69) is 48.7 Å². The summed E-state index contributed by atoms with van der Waals surface area (Å²) in [7, 11) is 0. The van der Waals surface area contributed by atoms with Crippen LogP contribution in [-0.4, -0.2) is 0 Å². The lowest BCUT2D eigenvalue weighted by Gasteiger charge is -1.82. The van der Waals surface area contributed by atoms with E-state index < -0.39 is 0 Å². The van der Waals surface area contributed by atoms with E-state index in [4.69, 9.17) is 0 Å². The molecule has 0 atom stereocenters. The van der Waals surface area contributed by atoms with E-state index in [0.29, 0.717) is 0 Å². The van der Waals surface area contributed by atoms with Crippen LogP contribution in [0.25, 0.3) is 6.08 Å². The van der Waals surface area contributed by atoms with Crippen molar-refractivity contribution >= 4 is 17.4 Å². The average Bonchev–Trinajstić information content (AvgIpc) is 2.57. The lowest BCUT2D eigenvalue weighted by Crippen LogP contribution is -1.59. The second kappa shape index (κ2) is 5.78. The van der Waals surface area contributed by atoms with Crippen molar-refractivity contribution in [3.63, 3.8) is 0 Å². The first-order valence-electron chi connectivity index (χ1n) is 4.28. The number of hydrogen-bond acceptors (Lipinski definition) is 1. The van der Waals surface area contributed by atoms with Crippen molar-refractivity contribution in [3.8, 4) is 0 Å². The second-order valence-corrected chi connectivity index (χ2v) is 3.51. The van der Waals surface area contributed by atoms with Crippen molar-refractivity contribution in [3.05, 3.63) is 40.6 Å². The fourth-order valence-corrected chi connectivity index (χ4v) is 1.56. The van der Waals surface area contributed by atoms with E-state index in [-0.39, 0.29) is 0 Å². The van der Waals surface area contributed by atoms with E-state index in [1.54, 1.807) is 11.3 Å². The molecule has 1 aromatic heterocycles. The smallest absolute Gasteiger partial charge is 0.0267 e. The van der Waals surface area contributed by atoms with Crippen LogP contribution in [0.15, 0.2) is 35.7 Å². The maximum absolute atomic E-state index is 2.20. The van der Waals surface area contributed by atoms with Gasteiger partial charge >= 0.3 is 0 Å². The van der Waals surface area contributed by atoms with E-state index in [0.717, 1.165) is 12.8 Å². The maximum Gasteiger partial charge on any atom is 0.0267 e. The highest BCUT2D eigenvalue weighted by molar-refractivity contribution is 7.10. The van der Waals surface area contributed by atoms with Crippen LogP contribution in [0.5, 0.6) is 0 Å². The van der Waals surface area contributed by atoms with Gasteiger partial charge in [-0.2, -0.15) is 0 Å². The molecule has 0 amide bonds. The zero-order chi connectivity index (χ0) is 8.65. The Labute approximate surface area is 78.2 Å². The second-order valence-electron chi connectivity index (χ2n) is 2.53. The predicted octanol–water partition coefficient (Wildman–Crippen LogP) is 4.12. The molecule has 0 fully saturated rings. The number of thiophene rings is 1. The van der Waals surface area contributed by atoms with Gasteiger partial charge in [0, 0.05) is 4.88 Å². The first-order valence-corrected chi connectivity index (χ1v) is 5.16. The van der Waals surface area contributed by atoms with Gasteiger partial charge in [-0.3, -0.25) is 0 Å². The minimum Gasteiger partial charge on any atom is -0.144 e. The molecule has 1 heterocycles. The molecule has 0 unspecified atom stereocenters. The topological polar surface area (TPSA) is 0 Å². The van der Waals surface area contributed by atoms with E-state index in [1.165, 1.54) is 4.88 Å². The number of allylic oxidation sites excluding steroid dienone is 3. The highest BCUT2D eigenvalue weighted by Crippen LogP contribution is 2.10. The van der Waals surface area contributed by atoms with Crippen molar-refractivity contribution in [2.24, 2.45) is 0 Å². The summed E-state index contributed by atoms with van der Waals surface area (Å²) in [6.07, 6.45) is 10.9. The van der Waals surface area contributed by atoms with Gasteiger partial charge in [0.15, 0.2) is 0 Å². The summed E-state index contributed by atoms with van der Waals surface area (Å²) in [4.78, 5) is 1.33. The van der Waals surface area contributed by atoms with Gasteiger partial charge in [-0.05, 0) is 30.4 Å². The minimum atomic E-state index is 1.05. The zero-order valence-corrected chi connectivity index (χ0v) is 8.18. The van der Waals surface area contributed by atoms with Gasteiger partial charge in [0.25, 0.3) is 0 Å². The van der Waals surface area contributed by atoms with Crippen LogP contribution in [-0.2, 0) is 0 Å². The normalized spacial score (nSPS) is 11.8. The molecule has 0 spiro atoms. The summed E-state index contributed by atoms with van der Waals surface area (Å²) < 4.78 is 0. The first-order chi connectivity index (χ1) is 5.93. The van der Waals surface area contributed by atoms with Gasteiger partial charge in [-0.1, -0.05) is 31.2 Å². The lowest BCUT2D eigenvalue weighted by molar-refractivity contribution is 1.20. The molecule has 0 nitrogen and oxygen atoms in total. The highest BCUT2D eigenvalue weighted by atomic mass is 32.1. The Kier molecular flexibility index (Phi) is 4.47. The fourth-order valence-electron chi connectivity index (χ4n) is 0.912. The number of hydrogen-bond donors (Lipinski definition) is 0. The molecule has 64 valence electrons. The quantitative estimate of drug-likeness (QED) is 0.608. The molecule has 1 heteroatoms. The summed E-state index contributed by atoms with van der Waals surface area (Å²) in [6, 6.07) is 4.21. The van der Waals surface area contributed by atoms with Crippen LogP contribution < -0.4 is 0 Å². The van der Waals surface area contributed by atoms with Gasteiger partial charge in [0.05, 0.1) is 0 Å². The molecular weight excluding hydrogens is 164 g/mol. The molecule has 0 aromatic carbocycles. The molecule has 0 saturated heterocycles. The third-order valence-electron chi connectivity index (χ3n) is 1.50. The molecule has 1 aromatic rings. The molecule has 0 N–H and O–H groups in total. The van der Waals surface area contributed by atoms with Gasteiger partial charge in [0.1, 0.15) is 0 Å². The van der Waals surface area contributed by atoms with Crippen LogP contribution in [0.4, 0.5) is 0 Å². The van der Waals surface area contributed by atoms with Crippen molar-refractivity contribution in [1.29, 1.82) is 0 Å². The third-order valence-corrected chi connectivity index (χ3v) is 2.34. The van der Waals surface area contributed by atoms with Crippen molar-refractivity contribution in [2.45, 2.75) is 19.8 Å². The SMILES string of the molecule is CC/C=C\C/C=C/c1cccs1. The van der Waals surface area contributed by atoms with E-state index in [1.807, 2.05) is 0 Å². The maximum atomic E-state index is 2.20. The Morgan fingerprint density at radius 1 is 1.33 bits per heavy atom. The highest BCUT2D eigenvalue weighted by Gasteiger charge is 1.82. The van der Waals surface area contributed by atoms with E-state index in [9.17, 15) is 0 Å². The summed E-state index contributed by atoms with van der Waals surface area (Å²) in [5.74, 6) is 0. The standard InChI is InChI=1S/C11H14S/c1-2-3-4-5-6-8-11-9-7-10-12-11/h3-4,6-10H,2,5H2,1H3/b4-3-,8-6+. The van der Waals surface area contributed by atoms with Crippen LogP contribution >= 0.6 is 11.3 Å². The molecule has 0 aliphatic heterocycles. The van der Waals surface area contributed by atoms with E-state index >= 15 is 0 Å². The van der Waals surface area contributed by atoms with Crippen LogP contribution in [0, 0.1) is 0 Å². The van der Waals surface area contributed by atoms with Crippen molar-refractivity contribution in [2.75, 3.05) is 0 Å². The van der Waals surface area contributed by atoms with Gasteiger partial charge in [-0.25, -0.2) is 0 Å². The summed E-state index contributed by atoms with van der Waals surface area (Å²) in [5, 5.41) is 2.10.